The monoisotopic (exact) mass is 405 g/mol. The third-order valence-corrected chi connectivity index (χ3v) is 6.47. The van der Waals surface area contributed by atoms with Crippen LogP contribution in [0.25, 0.3) is 10.1 Å². The van der Waals surface area contributed by atoms with Crippen molar-refractivity contribution < 1.29 is 34.8 Å². The number of anilines is 1. The lowest BCUT2D eigenvalue weighted by Gasteiger charge is -2.25. The van der Waals surface area contributed by atoms with E-state index in [9.17, 15) is 34.8 Å². The molecule has 0 saturated carbocycles. The normalized spacial score (nSPS) is 13.4. The molecule has 0 aliphatic carbocycles. The van der Waals surface area contributed by atoms with E-state index in [1.165, 1.54) is 6.92 Å². The quantitative estimate of drug-likeness (QED) is 0.667. The fourth-order valence-electron chi connectivity index (χ4n) is 2.28. The second-order valence-corrected chi connectivity index (χ2v) is 8.26. The number of alkyl halides is 6. The Balaban J connectivity index is 2.51. The van der Waals surface area contributed by atoms with Gasteiger partial charge >= 0.3 is 12.4 Å². The van der Waals surface area contributed by atoms with Gasteiger partial charge in [-0.15, -0.1) is 11.3 Å². The molecule has 0 fully saturated rings. The number of nitrogens with zero attached hydrogens (tertiary/aromatic N) is 1. The van der Waals surface area contributed by atoms with Gasteiger partial charge in [0, 0.05) is 11.2 Å². The van der Waals surface area contributed by atoms with Gasteiger partial charge in [-0.1, -0.05) is 18.2 Å². The van der Waals surface area contributed by atoms with Gasteiger partial charge < -0.3 is 0 Å². The summed E-state index contributed by atoms with van der Waals surface area (Å²) in [6.45, 7) is 0.368. The summed E-state index contributed by atoms with van der Waals surface area (Å²) in [4.78, 5) is 0. The maximum atomic E-state index is 12.6. The van der Waals surface area contributed by atoms with Crippen LogP contribution in [0.4, 0.5) is 31.3 Å². The SMILES string of the molecule is Cc1c(N(CCC(F)(F)F)S(=O)(=O)CC(F)(F)F)sc2ccccc12. The molecule has 0 N–H and O–H groups in total. The van der Waals surface area contributed by atoms with E-state index >= 15 is 0 Å². The smallest absolute Gasteiger partial charge is 0.260 e. The Morgan fingerprint density at radius 1 is 1.04 bits per heavy atom. The zero-order valence-corrected chi connectivity index (χ0v) is 14.4. The second kappa shape index (κ2) is 6.67. The minimum atomic E-state index is -5.06. The first-order valence-electron chi connectivity index (χ1n) is 6.92. The van der Waals surface area contributed by atoms with Crippen LogP contribution < -0.4 is 4.31 Å². The number of fused-ring (bicyclic) bond motifs is 1. The van der Waals surface area contributed by atoms with Gasteiger partial charge in [0.05, 0.1) is 6.42 Å². The zero-order chi connectivity index (χ0) is 19.0. The van der Waals surface area contributed by atoms with Crippen LogP contribution in [-0.2, 0) is 10.0 Å². The first-order chi connectivity index (χ1) is 11.3. The molecule has 3 nitrogen and oxygen atoms in total. The Morgan fingerprint density at radius 3 is 2.16 bits per heavy atom. The number of benzene rings is 1. The molecule has 0 spiro atoms. The standard InChI is InChI=1S/C14H13F6NO2S2/c1-9-10-4-2-3-5-11(10)24-12(9)21(7-6-13(15,16)17)25(22,23)8-14(18,19)20/h2-5H,6-8H2,1H3. The lowest BCUT2D eigenvalue weighted by molar-refractivity contribution is -0.131. The van der Waals surface area contributed by atoms with Crippen molar-refractivity contribution in [2.24, 2.45) is 0 Å². The molecule has 1 aromatic heterocycles. The van der Waals surface area contributed by atoms with Gasteiger partial charge in [-0.2, -0.15) is 26.3 Å². The lowest BCUT2D eigenvalue weighted by Crippen LogP contribution is -2.39. The Kier molecular flexibility index (Phi) is 5.29. The highest BCUT2D eigenvalue weighted by Crippen LogP contribution is 2.40. The maximum absolute atomic E-state index is 12.6. The second-order valence-electron chi connectivity index (χ2n) is 5.34. The number of hydrogen-bond acceptors (Lipinski definition) is 3. The van der Waals surface area contributed by atoms with Crippen LogP contribution in [0, 0.1) is 6.92 Å². The van der Waals surface area contributed by atoms with Crippen molar-refractivity contribution in [1.29, 1.82) is 0 Å². The molecule has 140 valence electrons. The van der Waals surface area contributed by atoms with E-state index < -0.39 is 41.1 Å². The molecule has 0 saturated heterocycles. The summed E-state index contributed by atoms with van der Waals surface area (Å²) in [6, 6.07) is 6.54. The van der Waals surface area contributed by atoms with E-state index in [2.05, 4.69) is 0 Å². The van der Waals surface area contributed by atoms with Crippen LogP contribution in [0.5, 0.6) is 0 Å². The molecular formula is C14H13F6NO2S2. The average molecular weight is 405 g/mol. The summed E-state index contributed by atoms with van der Waals surface area (Å²) in [7, 11) is -5.01. The third-order valence-electron chi connectivity index (χ3n) is 3.33. The molecule has 0 aliphatic rings. The number of rotatable bonds is 5. The molecule has 0 amide bonds. The zero-order valence-electron chi connectivity index (χ0n) is 12.8. The van der Waals surface area contributed by atoms with Crippen molar-refractivity contribution in [2.75, 3.05) is 16.6 Å². The van der Waals surface area contributed by atoms with Crippen LogP contribution >= 0.6 is 11.3 Å². The van der Waals surface area contributed by atoms with E-state index in [0.29, 0.717) is 15.6 Å². The van der Waals surface area contributed by atoms with Crippen LogP contribution in [0.1, 0.15) is 12.0 Å². The number of sulfonamides is 1. The molecule has 0 aliphatic heterocycles. The van der Waals surface area contributed by atoms with Crippen molar-refractivity contribution in [3.63, 3.8) is 0 Å². The fourth-order valence-corrected chi connectivity index (χ4v) is 5.20. The molecule has 25 heavy (non-hydrogen) atoms. The summed E-state index contributed by atoms with van der Waals surface area (Å²) < 4.78 is 100. The molecule has 0 unspecified atom stereocenters. The van der Waals surface area contributed by atoms with Crippen LogP contribution in [0.3, 0.4) is 0 Å². The van der Waals surface area contributed by atoms with Gasteiger partial charge in [0.1, 0.15) is 5.00 Å². The third kappa shape index (κ3) is 5.00. The van der Waals surface area contributed by atoms with Gasteiger partial charge in [-0.25, -0.2) is 8.42 Å². The van der Waals surface area contributed by atoms with E-state index in [4.69, 9.17) is 0 Å². The fraction of sp³-hybridized carbons (Fsp3) is 0.429. The van der Waals surface area contributed by atoms with Gasteiger partial charge in [0.25, 0.3) is 0 Å². The number of hydrogen-bond donors (Lipinski definition) is 0. The lowest BCUT2D eigenvalue weighted by atomic mass is 10.2. The molecule has 0 bridgehead atoms. The molecule has 1 aromatic carbocycles. The summed E-state index contributed by atoms with van der Waals surface area (Å²) in [6.07, 6.45) is -11.3. The molecule has 2 aromatic rings. The van der Waals surface area contributed by atoms with Gasteiger partial charge in [0.2, 0.25) is 10.0 Å². The number of thiophene rings is 1. The Hall–Kier alpha value is -1.49. The highest BCUT2D eigenvalue weighted by atomic mass is 32.2. The molecule has 0 atom stereocenters. The summed E-state index contributed by atoms with van der Waals surface area (Å²) >= 11 is 0.848. The topological polar surface area (TPSA) is 37.4 Å². The predicted molar refractivity (Wildman–Crippen MR) is 84.4 cm³/mol. The van der Waals surface area contributed by atoms with Crippen molar-refractivity contribution in [1.82, 2.24) is 0 Å². The predicted octanol–water partition coefficient (Wildman–Crippen LogP) is 4.86. The molecule has 0 radical (unpaired) electrons. The van der Waals surface area contributed by atoms with E-state index in [0.717, 1.165) is 11.3 Å². The first-order valence-corrected chi connectivity index (χ1v) is 9.35. The van der Waals surface area contributed by atoms with Crippen LogP contribution in [0.15, 0.2) is 24.3 Å². The first kappa shape index (κ1) is 19.8. The van der Waals surface area contributed by atoms with Gasteiger partial charge in [0.15, 0.2) is 5.75 Å². The molecule has 2 rings (SSSR count). The highest BCUT2D eigenvalue weighted by molar-refractivity contribution is 7.93. The van der Waals surface area contributed by atoms with Crippen molar-refractivity contribution in [3.05, 3.63) is 29.8 Å². The van der Waals surface area contributed by atoms with Gasteiger partial charge in [-0.05, 0) is 23.9 Å². The van der Waals surface area contributed by atoms with E-state index in [-0.39, 0.29) is 9.31 Å². The Bertz CT molecular complexity index is 854. The van der Waals surface area contributed by atoms with Crippen LogP contribution in [0.2, 0.25) is 0 Å². The molecule has 11 heteroatoms. The molecule has 1 heterocycles. The maximum Gasteiger partial charge on any atom is 0.404 e. The Labute approximate surface area is 143 Å². The van der Waals surface area contributed by atoms with Crippen molar-refractivity contribution in [2.45, 2.75) is 25.7 Å². The van der Waals surface area contributed by atoms with Crippen molar-refractivity contribution >= 4 is 36.4 Å². The minimum Gasteiger partial charge on any atom is -0.260 e. The van der Waals surface area contributed by atoms with Crippen molar-refractivity contribution in [3.8, 4) is 0 Å². The average Bonchev–Trinajstić information content (AvgIpc) is 2.72. The highest BCUT2D eigenvalue weighted by Gasteiger charge is 2.41. The van der Waals surface area contributed by atoms with E-state index in [1.807, 2.05) is 0 Å². The largest absolute Gasteiger partial charge is 0.404 e. The summed E-state index contributed by atoms with van der Waals surface area (Å²) in [5.41, 5.74) is 0.327. The number of aryl methyl sites for hydroxylation is 1. The Morgan fingerprint density at radius 2 is 1.64 bits per heavy atom. The summed E-state index contributed by atoms with van der Waals surface area (Å²) in [5, 5.41) is 0.455. The van der Waals surface area contributed by atoms with Crippen LogP contribution in [-0.4, -0.2) is 33.1 Å². The van der Waals surface area contributed by atoms with Gasteiger partial charge in [-0.3, -0.25) is 4.31 Å². The number of halogens is 6. The van der Waals surface area contributed by atoms with E-state index in [1.54, 1.807) is 24.3 Å². The molecular weight excluding hydrogens is 392 g/mol. The summed E-state index contributed by atoms with van der Waals surface area (Å²) in [5.74, 6) is -2.22. The minimum absolute atomic E-state index is 0.130.